The predicted octanol–water partition coefficient (Wildman–Crippen LogP) is 4.83. The third-order valence-electron chi connectivity index (χ3n) is 3.46. The maximum Gasteiger partial charge on any atom is 0.0641 e. The van der Waals surface area contributed by atoms with Gasteiger partial charge in [0.2, 0.25) is 0 Å². The van der Waals surface area contributed by atoms with E-state index in [1.54, 1.807) is 0 Å². The first kappa shape index (κ1) is 13.7. The molecule has 21 heavy (non-hydrogen) atoms. The second kappa shape index (κ2) is 5.26. The van der Waals surface area contributed by atoms with E-state index in [0.29, 0.717) is 5.02 Å². The van der Waals surface area contributed by atoms with Gasteiger partial charge in [0.15, 0.2) is 0 Å². The normalized spacial score (nSPS) is 10.8. The van der Waals surface area contributed by atoms with E-state index in [9.17, 15) is 0 Å². The highest BCUT2D eigenvalue weighted by Crippen LogP contribution is 2.33. The summed E-state index contributed by atoms with van der Waals surface area (Å²) in [5.74, 6) is 0. The smallest absolute Gasteiger partial charge is 0.0641 e. The van der Waals surface area contributed by atoms with E-state index in [1.165, 1.54) is 0 Å². The third kappa shape index (κ3) is 2.65. The Morgan fingerprint density at radius 2 is 1.81 bits per heavy atom. The molecule has 0 aliphatic rings. The van der Waals surface area contributed by atoms with Crippen molar-refractivity contribution in [3.05, 3.63) is 58.9 Å². The van der Waals surface area contributed by atoms with Crippen molar-refractivity contribution in [3.63, 3.8) is 0 Å². The van der Waals surface area contributed by atoms with E-state index in [1.807, 2.05) is 56.4 Å². The minimum atomic E-state index is 0.691. The molecular formula is C17H16ClN3. The summed E-state index contributed by atoms with van der Waals surface area (Å²) in [7, 11) is 0. The molecule has 0 unspecified atom stereocenters. The van der Waals surface area contributed by atoms with Crippen molar-refractivity contribution in [1.82, 2.24) is 4.98 Å². The molecule has 1 aromatic heterocycles. The van der Waals surface area contributed by atoms with Crippen molar-refractivity contribution in [3.8, 4) is 0 Å². The summed E-state index contributed by atoms with van der Waals surface area (Å²) in [6, 6.07) is 11.8. The number of nitrogens with one attached hydrogen (secondary N) is 1. The zero-order chi connectivity index (χ0) is 15.0. The van der Waals surface area contributed by atoms with Crippen LogP contribution in [0.25, 0.3) is 10.8 Å². The molecule has 3 aromatic rings. The van der Waals surface area contributed by atoms with Crippen LogP contribution in [0.15, 0.2) is 42.6 Å². The van der Waals surface area contributed by atoms with Crippen LogP contribution < -0.4 is 11.1 Å². The highest BCUT2D eigenvalue weighted by Gasteiger charge is 2.07. The zero-order valence-corrected chi connectivity index (χ0v) is 12.7. The monoisotopic (exact) mass is 297 g/mol. The zero-order valence-electron chi connectivity index (χ0n) is 11.9. The molecule has 0 fully saturated rings. The first-order valence-corrected chi connectivity index (χ1v) is 7.10. The van der Waals surface area contributed by atoms with Crippen molar-refractivity contribution in [2.45, 2.75) is 13.8 Å². The Hall–Kier alpha value is -2.26. The molecule has 0 aliphatic carbocycles. The lowest BCUT2D eigenvalue weighted by Crippen LogP contribution is -1.96. The molecule has 4 heteroatoms. The van der Waals surface area contributed by atoms with Gasteiger partial charge in [0.25, 0.3) is 0 Å². The average Bonchev–Trinajstić information content (AvgIpc) is 2.46. The second-order valence-corrected chi connectivity index (χ2v) is 5.59. The minimum Gasteiger partial charge on any atom is -0.398 e. The maximum absolute atomic E-state index is 6.26. The Kier molecular flexibility index (Phi) is 3.43. The Labute approximate surface area is 128 Å². The van der Waals surface area contributed by atoms with E-state index >= 15 is 0 Å². The summed E-state index contributed by atoms with van der Waals surface area (Å²) < 4.78 is 0. The van der Waals surface area contributed by atoms with Gasteiger partial charge in [-0.05, 0) is 49.7 Å². The van der Waals surface area contributed by atoms with Crippen molar-refractivity contribution >= 4 is 39.4 Å². The first-order valence-electron chi connectivity index (χ1n) is 6.72. The molecule has 0 spiro atoms. The highest BCUT2D eigenvalue weighted by molar-refractivity contribution is 6.33. The lowest BCUT2D eigenvalue weighted by molar-refractivity contribution is 1.22. The van der Waals surface area contributed by atoms with Crippen LogP contribution in [0, 0.1) is 13.8 Å². The summed E-state index contributed by atoms with van der Waals surface area (Å²) in [5.41, 5.74) is 10.7. The molecule has 0 saturated heterocycles. The SMILES string of the molecule is Cc1ccc(Cl)c(Nc2ccc(N)c3cnc(C)cc23)c1. The molecule has 1 heterocycles. The van der Waals surface area contributed by atoms with Gasteiger partial charge in [-0.2, -0.15) is 0 Å². The maximum atomic E-state index is 6.26. The van der Waals surface area contributed by atoms with Crippen LogP contribution in [-0.4, -0.2) is 4.98 Å². The van der Waals surface area contributed by atoms with E-state index in [2.05, 4.69) is 10.3 Å². The van der Waals surface area contributed by atoms with E-state index in [0.717, 1.165) is 39.1 Å². The Morgan fingerprint density at radius 1 is 1.00 bits per heavy atom. The molecule has 0 atom stereocenters. The lowest BCUT2D eigenvalue weighted by atomic mass is 10.1. The fourth-order valence-electron chi connectivity index (χ4n) is 2.35. The van der Waals surface area contributed by atoms with Gasteiger partial charge in [0.1, 0.15) is 0 Å². The van der Waals surface area contributed by atoms with Gasteiger partial charge in [0.05, 0.1) is 10.7 Å². The number of nitrogens with two attached hydrogens (primary N) is 1. The summed E-state index contributed by atoms with van der Waals surface area (Å²) >= 11 is 6.26. The molecule has 0 radical (unpaired) electrons. The number of nitrogens with zero attached hydrogens (tertiary/aromatic N) is 1. The molecule has 0 saturated carbocycles. The van der Waals surface area contributed by atoms with Crippen LogP contribution in [0.4, 0.5) is 17.1 Å². The van der Waals surface area contributed by atoms with Crippen molar-refractivity contribution in [2.75, 3.05) is 11.1 Å². The predicted molar refractivity (Wildman–Crippen MR) is 90.4 cm³/mol. The summed E-state index contributed by atoms with van der Waals surface area (Å²) in [6.45, 7) is 4.00. The molecule has 0 aliphatic heterocycles. The van der Waals surface area contributed by atoms with Crippen LogP contribution in [0.5, 0.6) is 0 Å². The Bertz CT molecular complexity index is 828. The molecule has 3 nitrogen and oxygen atoms in total. The average molecular weight is 298 g/mol. The minimum absolute atomic E-state index is 0.691. The van der Waals surface area contributed by atoms with Gasteiger partial charge in [-0.1, -0.05) is 17.7 Å². The van der Waals surface area contributed by atoms with Crippen molar-refractivity contribution in [2.24, 2.45) is 0 Å². The number of benzene rings is 2. The van der Waals surface area contributed by atoms with Gasteiger partial charge in [-0.15, -0.1) is 0 Å². The number of nitrogen functional groups attached to an aromatic ring is 1. The van der Waals surface area contributed by atoms with Crippen molar-refractivity contribution in [1.29, 1.82) is 0 Å². The number of fused-ring (bicyclic) bond motifs is 1. The largest absolute Gasteiger partial charge is 0.398 e. The quantitative estimate of drug-likeness (QED) is 0.666. The number of rotatable bonds is 2. The Balaban J connectivity index is 2.14. The van der Waals surface area contributed by atoms with E-state index in [4.69, 9.17) is 17.3 Å². The van der Waals surface area contributed by atoms with E-state index < -0.39 is 0 Å². The summed E-state index contributed by atoms with van der Waals surface area (Å²) in [6.07, 6.45) is 1.81. The lowest BCUT2D eigenvalue weighted by Gasteiger charge is -2.13. The molecular weight excluding hydrogens is 282 g/mol. The first-order chi connectivity index (χ1) is 10.0. The highest BCUT2D eigenvalue weighted by atomic mass is 35.5. The fourth-order valence-corrected chi connectivity index (χ4v) is 2.52. The number of aromatic nitrogens is 1. The van der Waals surface area contributed by atoms with Gasteiger partial charge >= 0.3 is 0 Å². The van der Waals surface area contributed by atoms with Crippen molar-refractivity contribution < 1.29 is 0 Å². The molecule has 106 valence electrons. The fraction of sp³-hybridized carbons (Fsp3) is 0.118. The topological polar surface area (TPSA) is 50.9 Å². The summed E-state index contributed by atoms with van der Waals surface area (Å²) in [4.78, 5) is 4.31. The standard InChI is InChI=1S/C17H16ClN3/c1-10-3-4-14(18)17(7-10)21-16-6-5-15(19)13-9-20-11(2)8-12(13)16/h3-9,21H,19H2,1-2H3. The Morgan fingerprint density at radius 3 is 2.62 bits per heavy atom. The number of anilines is 3. The number of halogens is 1. The molecule has 2 aromatic carbocycles. The van der Waals surface area contributed by atoms with Crippen LogP contribution in [0.1, 0.15) is 11.3 Å². The summed E-state index contributed by atoms with van der Waals surface area (Å²) in [5, 5.41) is 6.07. The number of pyridine rings is 1. The number of hydrogen-bond acceptors (Lipinski definition) is 3. The molecule has 0 amide bonds. The van der Waals surface area contributed by atoms with Gasteiger partial charge in [-0.25, -0.2) is 0 Å². The molecule has 3 N–H and O–H groups in total. The van der Waals surface area contributed by atoms with Gasteiger partial charge < -0.3 is 11.1 Å². The second-order valence-electron chi connectivity index (χ2n) is 5.18. The molecule has 0 bridgehead atoms. The number of aryl methyl sites for hydroxylation is 2. The number of hydrogen-bond donors (Lipinski definition) is 2. The van der Waals surface area contributed by atoms with Gasteiger partial charge in [0, 0.05) is 34.0 Å². The molecule has 3 rings (SSSR count). The van der Waals surface area contributed by atoms with Crippen LogP contribution in [-0.2, 0) is 0 Å². The van der Waals surface area contributed by atoms with Crippen LogP contribution >= 0.6 is 11.6 Å². The van der Waals surface area contributed by atoms with Crippen LogP contribution in [0.3, 0.4) is 0 Å². The van der Waals surface area contributed by atoms with Crippen LogP contribution in [0.2, 0.25) is 5.02 Å². The van der Waals surface area contributed by atoms with E-state index in [-0.39, 0.29) is 0 Å². The van der Waals surface area contributed by atoms with Gasteiger partial charge in [-0.3, -0.25) is 4.98 Å². The third-order valence-corrected chi connectivity index (χ3v) is 3.79.